The lowest BCUT2D eigenvalue weighted by molar-refractivity contribution is 0.304. The van der Waals surface area contributed by atoms with Crippen LogP contribution < -0.4 is 10.5 Å². The van der Waals surface area contributed by atoms with Gasteiger partial charge in [0.1, 0.15) is 17.3 Å². The monoisotopic (exact) mass is 272 g/mol. The van der Waals surface area contributed by atoms with Crippen molar-refractivity contribution in [3.8, 4) is 5.75 Å². The molecule has 0 aliphatic carbocycles. The molecule has 3 nitrogen and oxygen atoms in total. The summed E-state index contributed by atoms with van der Waals surface area (Å²) in [6.45, 7) is 4.57. The van der Waals surface area contributed by atoms with Gasteiger partial charge in [0.2, 0.25) is 0 Å². The van der Waals surface area contributed by atoms with Crippen LogP contribution in [0, 0.1) is 13.8 Å². The Balaban J connectivity index is 2.10. The minimum absolute atomic E-state index is 0.299. The molecule has 0 saturated heterocycles. The first-order valence-electron chi connectivity index (χ1n) is 6.01. The first-order chi connectivity index (χ1) is 9.06. The summed E-state index contributed by atoms with van der Waals surface area (Å²) in [5, 5.41) is 0. The topological polar surface area (TPSA) is 48.1 Å². The Morgan fingerprint density at radius 3 is 2.74 bits per heavy atom. The molecular weight excluding hydrogens is 256 g/mol. The van der Waals surface area contributed by atoms with Crippen LogP contribution in [0.4, 0.5) is 0 Å². The fourth-order valence-corrected chi connectivity index (χ4v) is 1.93. The van der Waals surface area contributed by atoms with E-state index in [0.717, 1.165) is 16.9 Å². The zero-order valence-electron chi connectivity index (χ0n) is 11.0. The van der Waals surface area contributed by atoms with Gasteiger partial charge in [-0.05, 0) is 43.2 Å². The number of aryl methyl sites for hydroxylation is 2. The lowest BCUT2D eigenvalue weighted by Gasteiger charge is -2.10. The maximum atomic E-state index is 5.80. The molecular formula is C15H16N2OS. The molecule has 98 valence electrons. The van der Waals surface area contributed by atoms with E-state index in [-0.39, 0.29) is 0 Å². The van der Waals surface area contributed by atoms with E-state index < -0.39 is 0 Å². The average molecular weight is 272 g/mol. The van der Waals surface area contributed by atoms with E-state index in [9.17, 15) is 0 Å². The quantitative estimate of drug-likeness (QED) is 0.869. The molecule has 0 saturated carbocycles. The average Bonchev–Trinajstić information content (AvgIpc) is 2.38. The number of aromatic nitrogens is 1. The highest BCUT2D eigenvalue weighted by Gasteiger charge is 2.03. The van der Waals surface area contributed by atoms with Crippen molar-refractivity contribution in [1.29, 1.82) is 0 Å². The minimum Gasteiger partial charge on any atom is -0.489 e. The van der Waals surface area contributed by atoms with Gasteiger partial charge in [-0.1, -0.05) is 29.9 Å². The molecule has 0 aliphatic rings. The van der Waals surface area contributed by atoms with Crippen molar-refractivity contribution in [2.24, 2.45) is 5.73 Å². The Morgan fingerprint density at radius 1 is 1.26 bits per heavy atom. The predicted octanol–water partition coefficient (Wildman–Crippen LogP) is 2.91. The van der Waals surface area contributed by atoms with Gasteiger partial charge in [-0.3, -0.25) is 4.98 Å². The molecule has 0 bridgehead atoms. The van der Waals surface area contributed by atoms with Crippen molar-refractivity contribution >= 4 is 17.2 Å². The smallest absolute Gasteiger partial charge is 0.122 e. The number of rotatable bonds is 4. The second-order valence-electron chi connectivity index (χ2n) is 4.47. The molecule has 0 atom stereocenters. The molecule has 0 unspecified atom stereocenters. The molecule has 0 aliphatic heterocycles. The number of benzene rings is 1. The molecule has 0 amide bonds. The summed E-state index contributed by atoms with van der Waals surface area (Å²) < 4.78 is 5.80. The Kier molecular flexibility index (Phi) is 4.12. The van der Waals surface area contributed by atoms with E-state index in [1.54, 1.807) is 6.20 Å². The molecule has 19 heavy (non-hydrogen) atoms. The van der Waals surface area contributed by atoms with Crippen molar-refractivity contribution in [2.45, 2.75) is 20.5 Å². The van der Waals surface area contributed by atoms with Gasteiger partial charge >= 0.3 is 0 Å². The van der Waals surface area contributed by atoms with Crippen LogP contribution in [0.1, 0.15) is 22.4 Å². The number of thiocarbonyl (C=S) groups is 1. The van der Waals surface area contributed by atoms with Crippen molar-refractivity contribution < 1.29 is 4.74 Å². The zero-order valence-corrected chi connectivity index (χ0v) is 11.8. The van der Waals surface area contributed by atoms with Gasteiger partial charge in [-0.2, -0.15) is 0 Å². The van der Waals surface area contributed by atoms with Crippen LogP contribution in [-0.2, 0) is 6.61 Å². The maximum Gasteiger partial charge on any atom is 0.122 e. The lowest BCUT2D eigenvalue weighted by atomic mass is 10.1. The summed E-state index contributed by atoms with van der Waals surface area (Å²) in [6, 6.07) is 9.87. The third-order valence-corrected chi connectivity index (χ3v) is 3.01. The molecule has 0 spiro atoms. The van der Waals surface area contributed by atoms with E-state index in [2.05, 4.69) is 18.0 Å². The number of nitrogens with zero attached hydrogens (tertiary/aromatic N) is 1. The molecule has 1 heterocycles. The highest BCUT2D eigenvalue weighted by molar-refractivity contribution is 7.80. The van der Waals surface area contributed by atoms with E-state index >= 15 is 0 Å². The van der Waals surface area contributed by atoms with Gasteiger partial charge < -0.3 is 10.5 Å². The Bertz CT molecular complexity index is 611. The minimum atomic E-state index is 0.299. The van der Waals surface area contributed by atoms with Crippen molar-refractivity contribution in [3.63, 3.8) is 0 Å². The molecule has 2 rings (SSSR count). The van der Waals surface area contributed by atoms with Gasteiger partial charge in [0.05, 0.1) is 5.69 Å². The van der Waals surface area contributed by atoms with Crippen molar-refractivity contribution in [3.05, 3.63) is 58.9 Å². The van der Waals surface area contributed by atoms with Crippen LogP contribution in [0.15, 0.2) is 36.5 Å². The second kappa shape index (κ2) is 5.80. The zero-order chi connectivity index (χ0) is 13.8. The van der Waals surface area contributed by atoms with Gasteiger partial charge in [0.15, 0.2) is 0 Å². The van der Waals surface area contributed by atoms with Crippen LogP contribution in [0.25, 0.3) is 0 Å². The van der Waals surface area contributed by atoms with Crippen LogP contribution in [0.5, 0.6) is 5.75 Å². The molecule has 0 radical (unpaired) electrons. The summed E-state index contributed by atoms with van der Waals surface area (Å²) in [4.78, 5) is 4.40. The van der Waals surface area contributed by atoms with Gasteiger partial charge in [0.25, 0.3) is 0 Å². The van der Waals surface area contributed by atoms with E-state index in [0.29, 0.717) is 17.3 Å². The molecule has 2 aromatic rings. The standard InChI is InChI=1S/C15H16N2OS/c1-10-3-4-14(11(2)7-10)18-9-12-5-6-17-13(8-12)15(16)19/h3-8H,9H2,1-2H3,(H2,16,19). The molecule has 4 heteroatoms. The van der Waals surface area contributed by atoms with Crippen LogP contribution in [0.3, 0.4) is 0 Å². The normalized spacial score (nSPS) is 10.2. The van der Waals surface area contributed by atoms with Crippen LogP contribution >= 0.6 is 12.2 Å². The van der Waals surface area contributed by atoms with Crippen molar-refractivity contribution in [1.82, 2.24) is 4.98 Å². The summed E-state index contributed by atoms with van der Waals surface area (Å²) in [5.74, 6) is 0.888. The van der Waals surface area contributed by atoms with Gasteiger partial charge in [-0.25, -0.2) is 0 Å². The SMILES string of the molecule is Cc1ccc(OCc2ccnc(C(N)=S)c2)c(C)c1. The first kappa shape index (κ1) is 13.5. The Labute approximate surface area is 118 Å². The van der Waals surface area contributed by atoms with E-state index in [1.165, 1.54) is 5.56 Å². The third kappa shape index (κ3) is 3.51. The number of ether oxygens (including phenoxy) is 1. The largest absolute Gasteiger partial charge is 0.489 e. The fraction of sp³-hybridized carbons (Fsp3) is 0.200. The lowest BCUT2D eigenvalue weighted by Crippen LogP contribution is -2.12. The van der Waals surface area contributed by atoms with Crippen molar-refractivity contribution in [2.75, 3.05) is 0 Å². The first-order valence-corrected chi connectivity index (χ1v) is 6.42. The maximum absolute atomic E-state index is 5.80. The Morgan fingerprint density at radius 2 is 2.05 bits per heavy atom. The summed E-state index contributed by atoms with van der Waals surface area (Å²) in [7, 11) is 0. The third-order valence-electron chi connectivity index (χ3n) is 2.80. The number of hydrogen-bond acceptors (Lipinski definition) is 3. The predicted molar refractivity (Wildman–Crippen MR) is 80.4 cm³/mol. The molecule has 1 aromatic carbocycles. The van der Waals surface area contributed by atoms with Gasteiger partial charge in [0, 0.05) is 6.20 Å². The number of hydrogen-bond donors (Lipinski definition) is 1. The molecule has 2 N–H and O–H groups in total. The highest BCUT2D eigenvalue weighted by Crippen LogP contribution is 2.20. The fourth-order valence-electron chi connectivity index (χ4n) is 1.82. The number of pyridine rings is 1. The summed E-state index contributed by atoms with van der Waals surface area (Å²) >= 11 is 4.91. The van der Waals surface area contributed by atoms with Crippen LogP contribution in [0.2, 0.25) is 0 Å². The summed E-state index contributed by atoms with van der Waals surface area (Å²) in [6.07, 6.45) is 1.69. The van der Waals surface area contributed by atoms with E-state index in [4.69, 9.17) is 22.7 Å². The Hall–Kier alpha value is -1.94. The highest BCUT2D eigenvalue weighted by atomic mass is 32.1. The second-order valence-corrected chi connectivity index (χ2v) is 4.91. The summed E-state index contributed by atoms with van der Waals surface area (Å²) in [5.41, 5.74) is 9.53. The molecule has 0 fully saturated rings. The van der Waals surface area contributed by atoms with E-state index in [1.807, 2.05) is 31.2 Å². The van der Waals surface area contributed by atoms with Gasteiger partial charge in [-0.15, -0.1) is 0 Å². The van der Waals surface area contributed by atoms with Crippen LogP contribution in [-0.4, -0.2) is 9.97 Å². The molecule has 1 aromatic heterocycles. The number of nitrogens with two attached hydrogens (primary N) is 1.